The number of anilines is 1. The molecule has 0 bridgehead atoms. The topological polar surface area (TPSA) is 81.7 Å². The third-order valence-electron chi connectivity index (χ3n) is 4.52. The predicted octanol–water partition coefficient (Wildman–Crippen LogP) is 2.15. The van der Waals surface area contributed by atoms with Crippen LogP contribution in [0.5, 0.6) is 0 Å². The molecule has 1 saturated heterocycles. The fourth-order valence-electron chi connectivity index (χ4n) is 3.14. The molecule has 1 aliphatic heterocycles. The summed E-state index contributed by atoms with van der Waals surface area (Å²) >= 11 is 0. The molecule has 1 fully saturated rings. The van der Waals surface area contributed by atoms with Gasteiger partial charge in [-0.05, 0) is 30.2 Å². The summed E-state index contributed by atoms with van der Waals surface area (Å²) in [4.78, 5) is 26.3. The van der Waals surface area contributed by atoms with Gasteiger partial charge in [0.25, 0.3) is 0 Å². The van der Waals surface area contributed by atoms with Crippen molar-refractivity contribution in [3.05, 3.63) is 66.0 Å². The van der Waals surface area contributed by atoms with Crippen LogP contribution >= 0.6 is 0 Å². The van der Waals surface area contributed by atoms with Gasteiger partial charge >= 0.3 is 6.03 Å². The molecule has 2 aromatic carbocycles. The Kier molecular flexibility index (Phi) is 6.03. The zero-order valence-corrected chi connectivity index (χ0v) is 14.8. The summed E-state index contributed by atoms with van der Waals surface area (Å²) in [7, 11) is 0. The molecule has 6 nitrogen and oxygen atoms in total. The molecule has 0 saturated carbocycles. The van der Waals surface area contributed by atoms with Gasteiger partial charge in [-0.15, -0.1) is 0 Å². The van der Waals surface area contributed by atoms with Crippen LogP contribution in [0, 0.1) is 5.82 Å². The van der Waals surface area contributed by atoms with Crippen molar-refractivity contribution >= 4 is 17.6 Å². The first-order valence-corrected chi connectivity index (χ1v) is 8.86. The average Bonchev–Trinajstić information content (AvgIpc) is 3.06. The number of amides is 3. The van der Waals surface area contributed by atoms with Crippen LogP contribution in [0.2, 0.25) is 0 Å². The average molecular weight is 371 g/mol. The highest BCUT2D eigenvalue weighted by molar-refractivity contribution is 5.94. The Hall–Kier alpha value is -2.93. The van der Waals surface area contributed by atoms with Gasteiger partial charge in [-0.1, -0.05) is 36.4 Å². The van der Waals surface area contributed by atoms with Gasteiger partial charge in [0, 0.05) is 25.2 Å². The minimum Gasteiger partial charge on any atom is -0.391 e. The molecule has 2 aromatic rings. The van der Waals surface area contributed by atoms with Gasteiger partial charge in [-0.25, -0.2) is 9.18 Å². The van der Waals surface area contributed by atoms with Gasteiger partial charge < -0.3 is 20.6 Å². The van der Waals surface area contributed by atoms with Crippen molar-refractivity contribution in [2.45, 2.75) is 25.0 Å². The second-order valence-electron chi connectivity index (χ2n) is 6.49. The van der Waals surface area contributed by atoms with Gasteiger partial charge in [0.1, 0.15) is 11.9 Å². The fourth-order valence-corrected chi connectivity index (χ4v) is 3.14. The Labute approximate surface area is 157 Å². The van der Waals surface area contributed by atoms with Crippen LogP contribution in [0.3, 0.4) is 0 Å². The number of β-amino-alcohol motifs (C(OH)–C–C–N with tert-alkyl or cyclic N) is 1. The van der Waals surface area contributed by atoms with E-state index in [0.29, 0.717) is 17.7 Å². The highest BCUT2D eigenvalue weighted by Gasteiger charge is 2.38. The van der Waals surface area contributed by atoms with E-state index in [4.69, 9.17) is 0 Å². The first kappa shape index (κ1) is 18.8. The summed E-state index contributed by atoms with van der Waals surface area (Å²) in [5.41, 5.74) is 1.13. The van der Waals surface area contributed by atoms with Crippen molar-refractivity contribution < 1.29 is 19.1 Å². The summed E-state index contributed by atoms with van der Waals surface area (Å²) < 4.78 is 13.6. The highest BCUT2D eigenvalue weighted by Crippen LogP contribution is 2.20. The molecule has 0 aliphatic carbocycles. The fraction of sp³-hybridized carbons (Fsp3) is 0.300. The normalized spacial score (nSPS) is 19.0. The van der Waals surface area contributed by atoms with Crippen molar-refractivity contribution in [3.63, 3.8) is 0 Å². The van der Waals surface area contributed by atoms with E-state index in [2.05, 4.69) is 10.6 Å². The van der Waals surface area contributed by atoms with Crippen molar-refractivity contribution in [2.24, 2.45) is 0 Å². The lowest BCUT2D eigenvalue weighted by Gasteiger charge is -2.24. The standard InChI is InChI=1S/C20H22FN3O3/c21-17-9-5-4-6-14(17)10-11-22-19(26)18-12-16(25)13-24(18)20(27)23-15-7-2-1-3-8-15/h1-9,16,18,25H,10-13H2,(H,22,26)(H,23,27)/t16-,18-/m1/s1. The predicted molar refractivity (Wildman–Crippen MR) is 99.7 cm³/mol. The number of hydrogen-bond acceptors (Lipinski definition) is 3. The molecule has 0 radical (unpaired) electrons. The summed E-state index contributed by atoms with van der Waals surface area (Å²) in [5.74, 6) is -0.669. The van der Waals surface area contributed by atoms with Crippen LogP contribution in [-0.4, -0.2) is 47.2 Å². The molecule has 7 heteroatoms. The van der Waals surface area contributed by atoms with E-state index >= 15 is 0 Å². The Bertz CT molecular complexity index is 800. The largest absolute Gasteiger partial charge is 0.391 e. The maximum Gasteiger partial charge on any atom is 0.322 e. The maximum absolute atomic E-state index is 13.6. The number of urea groups is 1. The number of rotatable bonds is 5. The monoisotopic (exact) mass is 371 g/mol. The number of carbonyl (C=O) groups excluding carboxylic acids is 2. The van der Waals surface area contributed by atoms with Gasteiger partial charge in [-0.3, -0.25) is 4.79 Å². The lowest BCUT2D eigenvalue weighted by atomic mass is 10.1. The Morgan fingerprint density at radius 2 is 1.81 bits per heavy atom. The van der Waals surface area contributed by atoms with Crippen LogP contribution in [0.4, 0.5) is 14.9 Å². The molecule has 27 heavy (non-hydrogen) atoms. The van der Waals surface area contributed by atoms with E-state index in [0.717, 1.165) is 0 Å². The molecule has 2 atom stereocenters. The van der Waals surface area contributed by atoms with Gasteiger partial charge in [-0.2, -0.15) is 0 Å². The van der Waals surface area contributed by atoms with E-state index in [-0.39, 0.29) is 31.2 Å². The minimum absolute atomic E-state index is 0.0874. The number of nitrogens with zero attached hydrogens (tertiary/aromatic N) is 1. The molecule has 3 N–H and O–H groups in total. The number of para-hydroxylation sites is 1. The second kappa shape index (κ2) is 8.64. The Morgan fingerprint density at radius 1 is 1.11 bits per heavy atom. The number of carbonyl (C=O) groups is 2. The molecular weight excluding hydrogens is 349 g/mol. The molecule has 1 aliphatic rings. The van der Waals surface area contributed by atoms with E-state index in [1.54, 1.807) is 42.5 Å². The molecule has 1 heterocycles. The first-order valence-electron chi connectivity index (χ1n) is 8.86. The van der Waals surface area contributed by atoms with Crippen molar-refractivity contribution in [2.75, 3.05) is 18.4 Å². The van der Waals surface area contributed by atoms with Crippen LogP contribution in [0.25, 0.3) is 0 Å². The number of benzene rings is 2. The van der Waals surface area contributed by atoms with Crippen LogP contribution in [0.15, 0.2) is 54.6 Å². The van der Waals surface area contributed by atoms with E-state index in [9.17, 15) is 19.1 Å². The zero-order valence-electron chi connectivity index (χ0n) is 14.8. The van der Waals surface area contributed by atoms with Gasteiger partial charge in [0.15, 0.2) is 0 Å². The third-order valence-corrected chi connectivity index (χ3v) is 4.52. The zero-order chi connectivity index (χ0) is 19.2. The summed E-state index contributed by atoms with van der Waals surface area (Å²) in [6.45, 7) is 0.338. The number of nitrogens with one attached hydrogen (secondary N) is 2. The van der Waals surface area contributed by atoms with E-state index < -0.39 is 18.2 Å². The van der Waals surface area contributed by atoms with E-state index in [1.807, 2.05) is 6.07 Å². The highest BCUT2D eigenvalue weighted by atomic mass is 19.1. The number of likely N-dealkylation sites (tertiary alicyclic amines) is 1. The van der Waals surface area contributed by atoms with Crippen LogP contribution < -0.4 is 10.6 Å². The van der Waals surface area contributed by atoms with Gasteiger partial charge in [0.2, 0.25) is 5.91 Å². The van der Waals surface area contributed by atoms with Crippen molar-refractivity contribution in [1.82, 2.24) is 10.2 Å². The number of halogens is 1. The first-order chi connectivity index (χ1) is 13.0. The van der Waals surface area contributed by atoms with Crippen LogP contribution in [-0.2, 0) is 11.2 Å². The summed E-state index contributed by atoms with van der Waals surface area (Å²) in [6.07, 6.45) is -0.230. The Morgan fingerprint density at radius 3 is 2.56 bits per heavy atom. The SMILES string of the molecule is O=C(NCCc1ccccc1F)[C@H]1C[C@@H](O)CN1C(=O)Nc1ccccc1. The second-order valence-corrected chi connectivity index (χ2v) is 6.49. The maximum atomic E-state index is 13.6. The lowest BCUT2D eigenvalue weighted by Crippen LogP contribution is -2.47. The molecule has 0 spiro atoms. The van der Waals surface area contributed by atoms with E-state index in [1.165, 1.54) is 11.0 Å². The van der Waals surface area contributed by atoms with Crippen LogP contribution in [0.1, 0.15) is 12.0 Å². The molecule has 0 unspecified atom stereocenters. The molecular formula is C20H22FN3O3. The minimum atomic E-state index is -0.760. The Balaban J connectivity index is 1.57. The molecule has 142 valence electrons. The van der Waals surface area contributed by atoms with Crippen molar-refractivity contribution in [3.8, 4) is 0 Å². The molecule has 0 aromatic heterocycles. The molecule has 3 amide bonds. The quantitative estimate of drug-likeness (QED) is 0.753. The third kappa shape index (κ3) is 4.83. The summed E-state index contributed by atoms with van der Waals surface area (Å²) in [6, 6.07) is 14.1. The molecule has 3 rings (SSSR count). The smallest absolute Gasteiger partial charge is 0.322 e. The lowest BCUT2D eigenvalue weighted by molar-refractivity contribution is -0.124. The van der Waals surface area contributed by atoms with Crippen molar-refractivity contribution in [1.29, 1.82) is 0 Å². The number of aliphatic hydroxyl groups is 1. The number of hydrogen-bond donors (Lipinski definition) is 3. The van der Waals surface area contributed by atoms with Gasteiger partial charge in [0.05, 0.1) is 6.10 Å². The number of aliphatic hydroxyl groups excluding tert-OH is 1. The summed E-state index contributed by atoms with van der Waals surface area (Å²) in [5, 5.41) is 15.4.